The summed E-state index contributed by atoms with van der Waals surface area (Å²) in [6.45, 7) is 0. The van der Waals surface area contributed by atoms with Gasteiger partial charge in [-0.05, 0) is 61.8 Å². The second-order valence-electron chi connectivity index (χ2n) is 8.22. The van der Waals surface area contributed by atoms with Crippen LogP contribution in [0.25, 0.3) is 0 Å². The molecule has 1 amide bonds. The number of nitrogens with zero attached hydrogens (tertiary/aromatic N) is 1. The fourth-order valence-corrected chi connectivity index (χ4v) is 5.85. The van der Waals surface area contributed by atoms with Gasteiger partial charge in [0.15, 0.2) is 0 Å². The van der Waals surface area contributed by atoms with Crippen molar-refractivity contribution < 1.29 is 14.8 Å². The van der Waals surface area contributed by atoms with E-state index < -0.39 is 10.5 Å². The minimum absolute atomic E-state index is 0.0306. The van der Waals surface area contributed by atoms with E-state index in [0.717, 1.165) is 32.1 Å². The molecule has 0 aromatic heterocycles. The smallest absolute Gasteiger partial charge is 0.271 e. The fourth-order valence-electron chi connectivity index (χ4n) is 5.85. The molecule has 4 aliphatic carbocycles. The quantitative estimate of drug-likeness (QED) is 0.654. The van der Waals surface area contributed by atoms with Crippen molar-refractivity contribution in [3.63, 3.8) is 0 Å². The molecule has 24 heavy (non-hydrogen) atoms. The number of carbonyl (C=O) groups excluding carboxylic acids is 1. The molecule has 5 rings (SSSR count). The summed E-state index contributed by atoms with van der Waals surface area (Å²) >= 11 is 0. The molecule has 128 valence electrons. The van der Waals surface area contributed by atoms with E-state index in [4.69, 9.17) is 0 Å². The minimum Gasteiger partial charge on any atom is -0.390 e. The number of anilines is 1. The molecule has 4 saturated carbocycles. The highest BCUT2D eigenvalue weighted by atomic mass is 16.6. The third kappa shape index (κ3) is 2.79. The number of aliphatic hydroxyl groups is 1. The molecule has 6 nitrogen and oxygen atoms in total. The average Bonchev–Trinajstić information content (AvgIpc) is 2.43. The van der Waals surface area contributed by atoms with Crippen molar-refractivity contribution in [2.75, 3.05) is 5.32 Å². The van der Waals surface area contributed by atoms with E-state index in [9.17, 15) is 20.0 Å². The molecule has 2 unspecified atom stereocenters. The standard InChI is InChI=1S/C18H22N2O4/c21-16(19-14-2-1-3-15(5-14)20(23)24)10-17-6-12-4-13(7-17)9-18(22,8-12)11-17/h1-3,5,12-13,22H,4,6-11H2,(H,19,21)/t12-,13+,17?,18?. The number of amides is 1. The zero-order valence-electron chi connectivity index (χ0n) is 13.5. The average molecular weight is 330 g/mol. The Balaban J connectivity index is 1.47. The molecule has 6 heteroatoms. The van der Waals surface area contributed by atoms with Crippen molar-refractivity contribution in [1.29, 1.82) is 0 Å². The molecule has 4 atom stereocenters. The molecule has 0 saturated heterocycles. The Morgan fingerprint density at radius 3 is 2.62 bits per heavy atom. The highest BCUT2D eigenvalue weighted by molar-refractivity contribution is 5.91. The monoisotopic (exact) mass is 330 g/mol. The number of nitrogens with one attached hydrogen (secondary N) is 1. The van der Waals surface area contributed by atoms with Gasteiger partial charge in [0.1, 0.15) is 0 Å². The normalized spacial score (nSPS) is 36.5. The van der Waals surface area contributed by atoms with Gasteiger partial charge in [0.05, 0.1) is 10.5 Å². The van der Waals surface area contributed by atoms with Crippen LogP contribution >= 0.6 is 0 Å². The van der Waals surface area contributed by atoms with Gasteiger partial charge in [-0.3, -0.25) is 14.9 Å². The predicted molar refractivity (Wildman–Crippen MR) is 88.4 cm³/mol. The van der Waals surface area contributed by atoms with Crippen LogP contribution in [0.4, 0.5) is 11.4 Å². The lowest BCUT2D eigenvalue weighted by Crippen LogP contribution is -2.56. The van der Waals surface area contributed by atoms with Gasteiger partial charge in [-0.1, -0.05) is 6.07 Å². The van der Waals surface area contributed by atoms with Gasteiger partial charge in [-0.15, -0.1) is 0 Å². The Kier molecular flexibility index (Phi) is 3.42. The molecule has 4 fully saturated rings. The van der Waals surface area contributed by atoms with Crippen LogP contribution in [0.15, 0.2) is 24.3 Å². The third-order valence-corrected chi connectivity index (χ3v) is 6.03. The van der Waals surface area contributed by atoms with Crippen molar-refractivity contribution in [2.45, 2.75) is 50.5 Å². The van der Waals surface area contributed by atoms with E-state index in [2.05, 4.69) is 5.32 Å². The zero-order chi connectivity index (χ0) is 16.9. The van der Waals surface area contributed by atoms with Crippen LogP contribution in [0.3, 0.4) is 0 Å². The maximum Gasteiger partial charge on any atom is 0.271 e. The Bertz CT molecular complexity index is 688. The van der Waals surface area contributed by atoms with Gasteiger partial charge in [-0.2, -0.15) is 0 Å². The van der Waals surface area contributed by atoms with Gasteiger partial charge in [0.25, 0.3) is 5.69 Å². The Hall–Kier alpha value is -1.95. The lowest BCUT2D eigenvalue weighted by Gasteiger charge is -2.60. The lowest BCUT2D eigenvalue weighted by atomic mass is 9.47. The Morgan fingerprint density at radius 2 is 2.00 bits per heavy atom. The van der Waals surface area contributed by atoms with Gasteiger partial charge in [0.2, 0.25) is 5.91 Å². The predicted octanol–water partition coefficient (Wildman–Crippen LogP) is 3.25. The SMILES string of the molecule is O=C(CC12C[C@@H]3C[C@@H](CC(O)(C3)C1)C2)Nc1cccc([N+](=O)[O-])c1. The first-order valence-electron chi connectivity index (χ1n) is 8.62. The van der Waals surface area contributed by atoms with E-state index in [1.165, 1.54) is 18.6 Å². The van der Waals surface area contributed by atoms with Crippen molar-refractivity contribution in [1.82, 2.24) is 0 Å². The van der Waals surface area contributed by atoms with E-state index in [1.807, 2.05) is 0 Å². The molecule has 0 heterocycles. The first kappa shape index (κ1) is 15.6. The molecule has 0 aliphatic heterocycles. The number of rotatable bonds is 4. The molecule has 1 aromatic carbocycles. The zero-order valence-corrected chi connectivity index (χ0v) is 13.5. The highest BCUT2D eigenvalue weighted by Crippen LogP contribution is 2.62. The maximum atomic E-state index is 12.5. The van der Waals surface area contributed by atoms with Crippen LogP contribution in [0, 0.1) is 27.4 Å². The van der Waals surface area contributed by atoms with Crippen molar-refractivity contribution >= 4 is 17.3 Å². The second-order valence-corrected chi connectivity index (χ2v) is 8.22. The maximum absolute atomic E-state index is 12.5. The summed E-state index contributed by atoms with van der Waals surface area (Å²) < 4.78 is 0. The van der Waals surface area contributed by atoms with Gasteiger partial charge in [-0.25, -0.2) is 0 Å². The first-order chi connectivity index (χ1) is 11.3. The van der Waals surface area contributed by atoms with Crippen molar-refractivity contribution in [2.24, 2.45) is 17.3 Å². The number of carbonyl (C=O) groups is 1. The van der Waals surface area contributed by atoms with Crippen LogP contribution in [-0.4, -0.2) is 21.5 Å². The summed E-state index contributed by atoms with van der Waals surface area (Å²) in [4.78, 5) is 22.9. The minimum atomic E-state index is -0.574. The number of nitro benzene ring substituents is 1. The van der Waals surface area contributed by atoms with E-state index in [0.29, 0.717) is 23.9 Å². The van der Waals surface area contributed by atoms with Crippen LogP contribution in [0.5, 0.6) is 0 Å². The number of hydrogen-bond donors (Lipinski definition) is 2. The number of hydrogen-bond acceptors (Lipinski definition) is 4. The van der Waals surface area contributed by atoms with Gasteiger partial charge in [0, 0.05) is 24.2 Å². The Labute approximate surface area is 140 Å². The number of benzene rings is 1. The molecule has 0 radical (unpaired) electrons. The topological polar surface area (TPSA) is 92.5 Å². The summed E-state index contributed by atoms with van der Waals surface area (Å²) in [6.07, 6.45) is 6.12. The second kappa shape index (κ2) is 5.28. The van der Waals surface area contributed by atoms with Crippen LogP contribution < -0.4 is 5.32 Å². The fraction of sp³-hybridized carbons (Fsp3) is 0.611. The van der Waals surface area contributed by atoms with Crippen LogP contribution in [-0.2, 0) is 4.79 Å². The highest BCUT2D eigenvalue weighted by Gasteiger charge is 2.57. The largest absolute Gasteiger partial charge is 0.390 e. The first-order valence-corrected chi connectivity index (χ1v) is 8.62. The summed E-state index contributed by atoms with van der Waals surface area (Å²) in [5, 5.41) is 24.4. The molecule has 2 N–H and O–H groups in total. The Morgan fingerprint density at radius 1 is 1.29 bits per heavy atom. The molecular formula is C18H22N2O4. The van der Waals surface area contributed by atoms with E-state index in [-0.39, 0.29) is 17.0 Å². The summed E-state index contributed by atoms with van der Waals surface area (Å²) in [7, 11) is 0. The van der Waals surface area contributed by atoms with Crippen LogP contribution in [0.1, 0.15) is 44.9 Å². The molecule has 0 spiro atoms. The van der Waals surface area contributed by atoms with Crippen molar-refractivity contribution in [3.8, 4) is 0 Å². The number of non-ortho nitro benzene ring substituents is 1. The van der Waals surface area contributed by atoms with E-state index in [1.54, 1.807) is 12.1 Å². The summed E-state index contributed by atoms with van der Waals surface area (Å²) in [6, 6.07) is 6.02. The number of nitro groups is 1. The van der Waals surface area contributed by atoms with Gasteiger partial charge < -0.3 is 10.4 Å². The summed E-state index contributed by atoms with van der Waals surface area (Å²) in [5.74, 6) is 0.977. The molecular weight excluding hydrogens is 308 g/mol. The van der Waals surface area contributed by atoms with Gasteiger partial charge >= 0.3 is 0 Å². The third-order valence-electron chi connectivity index (χ3n) is 6.03. The molecule has 4 bridgehead atoms. The van der Waals surface area contributed by atoms with Crippen molar-refractivity contribution in [3.05, 3.63) is 34.4 Å². The molecule has 4 aliphatic rings. The van der Waals surface area contributed by atoms with E-state index >= 15 is 0 Å². The summed E-state index contributed by atoms with van der Waals surface area (Å²) in [5.41, 5.74) is -0.242. The lowest BCUT2D eigenvalue weighted by molar-refractivity contribution is -0.384. The van der Waals surface area contributed by atoms with Crippen LogP contribution in [0.2, 0.25) is 0 Å². The molecule has 1 aromatic rings.